The van der Waals surface area contributed by atoms with E-state index in [0.717, 1.165) is 18.7 Å². The van der Waals surface area contributed by atoms with Crippen molar-refractivity contribution in [3.63, 3.8) is 0 Å². The van der Waals surface area contributed by atoms with Gasteiger partial charge in [0, 0.05) is 64.8 Å². The van der Waals surface area contributed by atoms with Crippen LogP contribution in [-0.4, -0.2) is 157 Å². The van der Waals surface area contributed by atoms with E-state index in [1.807, 2.05) is 13.8 Å². The molecule has 2 rings (SSSR count). The maximum atomic E-state index is 13.8. The monoisotopic (exact) mass is 1090 g/mol. The lowest BCUT2D eigenvalue weighted by molar-refractivity contribution is -0.145. The zero-order valence-corrected chi connectivity index (χ0v) is 48.4. The summed E-state index contributed by atoms with van der Waals surface area (Å²) in [5.74, 6) is -1.41. The molecule has 1 aromatic carbocycles. The minimum atomic E-state index is -0.885. The number of anilines is 1. The van der Waals surface area contributed by atoms with Crippen LogP contribution in [0.1, 0.15) is 120 Å². The molecule has 75 heavy (non-hydrogen) atoms. The summed E-state index contributed by atoms with van der Waals surface area (Å²) in [6, 6.07) is 5.24. The van der Waals surface area contributed by atoms with Gasteiger partial charge in [-0.05, 0) is 48.3 Å². The minimum absolute atomic E-state index is 0.0213. The molecule has 1 aromatic heterocycles. The number of aromatic nitrogens is 3. The fourth-order valence-electron chi connectivity index (χ4n) is 6.44. The number of benzene rings is 1. The average Bonchev–Trinajstić information content (AvgIpc) is 3.78. The number of aryl methyl sites for hydroxylation is 1. The van der Waals surface area contributed by atoms with Crippen molar-refractivity contribution in [2.24, 2.45) is 28.1 Å². The van der Waals surface area contributed by atoms with Crippen LogP contribution in [0.15, 0.2) is 35.6 Å². The van der Waals surface area contributed by atoms with Crippen molar-refractivity contribution in [3.05, 3.63) is 41.7 Å². The number of carbonyl (C=O) groups is 5. The summed E-state index contributed by atoms with van der Waals surface area (Å²) in [7, 11) is 0. The maximum Gasteiger partial charge on any atom is 0.312 e. The lowest BCUT2D eigenvalue weighted by Gasteiger charge is -2.24. The highest BCUT2D eigenvalue weighted by Crippen LogP contribution is 2.27. The first-order chi connectivity index (χ1) is 35.4. The van der Waals surface area contributed by atoms with E-state index in [4.69, 9.17) is 39.0 Å². The van der Waals surface area contributed by atoms with Gasteiger partial charge in [0.1, 0.15) is 6.61 Å². The van der Waals surface area contributed by atoms with Crippen molar-refractivity contribution in [2.45, 2.75) is 143 Å². The topological polar surface area (TPSA) is 255 Å². The second-order valence-corrected chi connectivity index (χ2v) is 25.1. The molecule has 5 N–H and O–H groups in total. The molecule has 20 nitrogen and oxygen atoms in total. The van der Waals surface area contributed by atoms with Crippen molar-refractivity contribution >= 4 is 64.5 Å². The minimum Gasteiger partial charge on any atom is -0.461 e. The summed E-state index contributed by atoms with van der Waals surface area (Å²) < 4.78 is 35.0. The summed E-state index contributed by atoms with van der Waals surface area (Å²) in [6.07, 6.45) is 3.72. The van der Waals surface area contributed by atoms with Gasteiger partial charge in [0.05, 0.1) is 89.9 Å². The third kappa shape index (κ3) is 35.6. The zero-order valence-electron chi connectivity index (χ0n) is 46.8. The van der Waals surface area contributed by atoms with E-state index in [1.165, 1.54) is 0 Å². The number of ketones is 1. The molecule has 0 spiro atoms. The Balaban J connectivity index is 1.76. The first-order valence-electron chi connectivity index (χ1n) is 26.0. The van der Waals surface area contributed by atoms with Crippen LogP contribution in [0.25, 0.3) is 0 Å². The number of rotatable bonds is 40. The molecule has 0 fully saturated rings. The molecular weight excluding hydrogens is 1000 g/mol. The largest absolute Gasteiger partial charge is 0.461 e. The van der Waals surface area contributed by atoms with Gasteiger partial charge in [-0.25, -0.2) is 9.48 Å². The van der Waals surface area contributed by atoms with E-state index in [-0.39, 0.29) is 65.6 Å². The Labute approximate surface area is 454 Å². The van der Waals surface area contributed by atoms with E-state index in [0.29, 0.717) is 107 Å². The van der Waals surface area contributed by atoms with E-state index < -0.39 is 35.8 Å². The van der Waals surface area contributed by atoms with Crippen LogP contribution in [0.2, 0.25) is 0 Å². The SMILES string of the molecule is CC(C)[C@H](NC(=O)CON=C(CSC(C)(C)C)CSC(C)(C)C)C(=O)C[C@@H](CCCNC(N)=O)C(=O)Nc1ccc(COC(=O)CCc2cn(CCOCCOCCOCCOCCOCCC(C)(C)C)nn2)cc1. The number of thioether (sulfide) groups is 2. The molecule has 4 amide bonds. The van der Waals surface area contributed by atoms with Gasteiger partial charge in [-0.2, -0.15) is 0 Å². The maximum absolute atomic E-state index is 13.8. The van der Waals surface area contributed by atoms with Gasteiger partial charge in [-0.15, -0.1) is 28.6 Å². The number of hydrogen-bond donors (Lipinski definition) is 4. The lowest BCUT2D eigenvalue weighted by atomic mass is 9.89. The van der Waals surface area contributed by atoms with E-state index in [9.17, 15) is 24.0 Å². The number of urea groups is 1. The molecule has 0 saturated carbocycles. The second kappa shape index (κ2) is 36.7. The number of nitrogens with zero attached hydrogens (tertiary/aromatic N) is 4. The summed E-state index contributed by atoms with van der Waals surface area (Å²) in [5.41, 5.74) is 8.15. The second-order valence-electron chi connectivity index (χ2n) is 21.5. The van der Waals surface area contributed by atoms with Crippen LogP contribution in [0, 0.1) is 17.3 Å². The normalized spacial score (nSPS) is 12.7. The molecule has 0 aliphatic carbocycles. The van der Waals surface area contributed by atoms with Crippen LogP contribution < -0.4 is 21.7 Å². The number of hydrogen-bond acceptors (Lipinski definition) is 17. The van der Waals surface area contributed by atoms with Gasteiger partial charge < -0.3 is 54.9 Å². The summed E-state index contributed by atoms with van der Waals surface area (Å²) in [6.45, 7) is 28.4. The Hall–Kier alpha value is -4.32. The Bertz CT molecular complexity index is 1960. The van der Waals surface area contributed by atoms with Crippen LogP contribution in [0.3, 0.4) is 0 Å². The standard InChI is InChI=1S/C53H90N8O12S2/c1-39(2)48(57-46(63)36-73-59-44(37-74-52(6,7)8)38-75-53(9,10)11)45(62)33-41(13-12-21-55-50(54)66)49(65)56-42-16-14-40(15-17-42)35-72-47(64)19-18-43-34-61(60-58-43)22-24-68-26-28-70-30-32-71-31-29-69-27-25-67-23-20-51(3,4)5/h14-17,34,39,41,48H,12-13,18-33,35-38H2,1-11H3,(H,56,65)(H,57,63)(H3,54,55,66)/t41-,48+/m1/s1. The predicted octanol–water partition coefficient (Wildman–Crippen LogP) is 7.01. The Morgan fingerprint density at radius 1 is 0.773 bits per heavy atom. The number of nitrogens with one attached hydrogen (secondary N) is 3. The smallest absolute Gasteiger partial charge is 0.312 e. The van der Waals surface area contributed by atoms with Crippen molar-refractivity contribution in [2.75, 3.05) is 96.0 Å². The Morgan fingerprint density at radius 3 is 1.87 bits per heavy atom. The quantitative estimate of drug-likeness (QED) is 0.0226. The molecule has 2 atom stereocenters. The molecule has 0 aliphatic heterocycles. The van der Waals surface area contributed by atoms with E-state index >= 15 is 0 Å². The number of oxime groups is 1. The number of amides is 4. The van der Waals surface area contributed by atoms with Gasteiger partial charge in [0.15, 0.2) is 12.4 Å². The van der Waals surface area contributed by atoms with Crippen molar-refractivity contribution < 1.29 is 57.2 Å². The van der Waals surface area contributed by atoms with Crippen LogP contribution >= 0.6 is 23.5 Å². The molecule has 2 aromatic rings. The fourth-order valence-corrected chi connectivity index (χ4v) is 8.08. The predicted molar refractivity (Wildman–Crippen MR) is 296 cm³/mol. The third-order valence-corrected chi connectivity index (χ3v) is 13.3. The highest BCUT2D eigenvalue weighted by molar-refractivity contribution is 8.02. The van der Waals surface area contributed by atoms with E-state index in [2.05, 4.69) is 93.7 Å². The molecule has 426 valence electrons. The highest BCUT2D eigenvalue weighted by atomic mass is 32.2. The number of carbonyl (C=O) groups excluding carboxylic acids is 5. The number of esters is 1. The van der Waals surface area contributed by atoms with Crippen molar-refractivity contribution in [1.29, 1.82) is 0 Å². The van der Waals surface area contributed by atoms with Crippen molar-refractivity contribution in [1.82, 2.24) is 25.6 Å². The molecule has 0 saturated heterocycles. The van der Waals surface area contributed by atoms with Crippen LogP contribution in [0.5, 0.6) is 0 Å². The highest BCUT2D eigenvalue weighted by Gasteiger charge is 2.30. The summed E-state index contributed by atoms with van der Waals surface area (Å²) in [5, 5.41) is 20.8. The Kier molecular flexibility index (Phi) is 32.7. The molecule has 22 heteroatoms. The molecule has 0 unspecified atom stereocenters. The van der Waals surface area contributed by atoms with Crippen LogP contribution in [-0.2, 0) is 72.0 Å². The van der Waals surface area contributed by atoms with Gasteiger partial charge in [-0.3, -0.25) is 19.2 Å². The van der Waals surface area contributed by atoms with Gasteiger partial charge in [0.2, 0.25) is 5.91 Å². The fraction of sp³-hybridized carbons (Fsp3) is 0.736. The zero-order chi connectivity index (χ0) is 55.7. The molecule has 1 heterocycles. The Morgan fingerprint density at radius 2 is 1.33 bits per heavy atom. The number of ether oxygens (including phenoxy) is 6. The number of nitrogens with two attached hydrogens (primary N) is 1. The van der Waals surface area contributed by atoms with Gasteiger partial charge in [0.25, 0.3) is 5.91 Å². The lowest BCUT2D eigenvalue weighted by Crippen LogP contribution is -2.46. The van der Waals surface area contributed by atoms with E-state index in [1.54, 1.807) is 58.7 Å². The molecule has 0 aliphatic rings. The number of Topliss-reactive ketones (excluding diaryl/α,β-unsaturated/α-hetero) is 1. The molecular formula is C53H90N8O12S2. The van der Waals surface area contributed by atoms with Gasteiger partial charge >= 0.3 is 12.0 Å². The van der Waals surface area contributed by atoms with Gasteiger partial charge in [-0.1, -0.05) is 98.7 Å². The summed E-state index contributed by atoms with van der Waals surface area (Å²) >= 11 is 3.48. The van der Waals surface area contributed by atoms with Crippen molar-refractivity contribution in [3.8, 4) is 0 Å². The first-order valence-corrected chi connectivity index (χ1v) is 28.0. The molecule has 0 radical (unpaired) electrons. The average molecular weight is 1100 g/mol. The number of primary amides is 1. The van der Waals surface area contributed by atoms with Crippen LogP contribution in [0.4, 0.5) is 10.5 Å². The first kappa shape index (κ1) is 66.8. The molecule has 0 bridgehead atoms. The third-order valence-electron chi connectivity index (χ3n) is 10.7. The summed E-state index contributed by atoms with van der Waals surface area (Å²) in [4.78, 5) is 70.0.